The van der Waals surface area contributed by atoms with Crippen LogP contribution in [0.5, 0.6) is 0 Å². The topological polar surface area (TPSA) is 15.7 Å². The highest BCUT2D eigenvalue weighted by Gasteiger charge is 2.44. The lowest BCUT2D eigenvalue weighted by atomic mass is 9.84. The molecule has 4 rings (SSSR count). The van der Waals surface area contributed by atoms with Crippen molar-refractivity contribution in [3.05, 3.63) is 82.6 Å². The molecule has 1 fully saturated rings. The Morgan fingerprint density at radius 2 is 1.63 bits per heavy atom. The summed E-state index contributed by atoms with van der Waals surface area (Å²) in [5, 5.41) is 0. The molecular weight excluding hydrogens is 638 g/mol. The van der Waals surface area contributed by atoms with Crippen LogP contribution in [0.2, 0.25) is 0 Å². The van der Waals surface area contributed by atoms with E-state index in [4.69, 9.17) is 4.74 Å². The molecule has 3 atom stereocenters. The van der Waals surface area contributed by atoms with Gasteiger partial charge in [-0.1, -0.05) is 60.2 Å². The first-order valence-corrected chi connectivity index (χ1v) is 16.9. The van der Waals surface area contributed by atoms with Crippen LogP contribution >= 0.6 is 60.6 Å². The zero-order valence-corrected chi connectivity index (χ0v) is 23.1. The summed E-state index contributed by atoms with van der Waals surface area (Å²) in [5.41, 5.74) is 5.55. The van der Waals surface area contributed by atoms with E-state index in [0.717, 1.165) is 26.0 Å². The van der Waals surface area contributed by atoms with Crippen molar-refractivity contribution < 1.29 is 4.74 Å². The summed E-state index contributed by atoms with van der Waals surface area (Å²) in [5.74, 6) is 1.20. The lowest BCUT2D eigenvalue weighted by Gasteiger charge is -2.48. The van der Waals surface area contributed by atoms with Gasteiger partial charge in [-0.25, -0.2) is 8.61 Å². The molecule has 30 heavy (non-hydrogen) atoms. The molecule has 1 saturated heterocycles. The van der Waals surface area contributed by atoms with Crippen LogP contribution in [-0.2, 0) is 4.74 Å². The molecule has 2 aromatic rings. The highest BCUT2D eigenvalue weighted by atomic mass is 127. The largest absolute Gasteiger partial charge is 0.498 e. The molecule has 2 heterocycles. The maximum atomic E-state index is 6.25. The van der Waals surface area contributed by atoms with Gasteiger partial charge in [-0.2, -0.15) is 0 Å². The molecule has 0 radical (unpaired) electrons. The predicted molar refractivity (Wildman–Crippen MR) is 147 cm³/mol. The van der Waals surface area contributed by atoms with E-state index in [2.05, 4.69) is 119 Å². The maximum Gasteiger partial charge on any atom is 0.1000 e. The summed E-state index contributed by atoms with van der Waals surface area (Å²) in [6, 6.07) is 21.1. The number of halogens is 2. The van der Waals surface area contributed by atoms with Crippen LogP contribution in [0.25, 0.3) is 0 Å². The Hall–Kier alpha value is 0.0600. The quantitative estimate of drug-likeness (QED) is 0.230. The van der Waals surface area contributed by atoms with E-state index in [9.17, 15) is 0 Å². The summed E-state index contributed by atoms with van der Waals surface area (Å²) in [7, 11) is 3.67. The summed E-state index contributed by atoms with van der Waals surface area (Å²) in [6.45, 7) is 5.93. The van der Waals surface area contributed by atoms with E-state index in [-0.39, 0.29) is 0 Å². The minimum Gasteiger partial charge on any atom is -0.498 e. The van der Waals surface area contributed by atoms with E-state index >= 15 is 0 Å². The van der Waals surface area contributed by atoms with Crippen molar-refractivity contribution >= 4 is 60.6 Å². The van der Waals surface area contributed by atoms with Gasteiger partial charge in [0.25, 0.3) is 0 Å². The van der Waals surface area contributed by atoms with Crippen molar-refractivity contribution in [1.29, 1.82) is 0 Å². The fourth-order valence-corrected chi connectivity index (χ4v) is 8.51. The number of nitrogens with zero attached hydrogens (tertiary/aromatic N) is 2. The second-order valence-corrected chi connectivity index (χ2v) is 11.3. The van der Waals surface area contributed by atoms with Crippen LogP contribution in [0, 0.1) is 6.92 Å². The van der Waals surface area contributed by atoms with Crippen LogP contribution in [0.15, 0.2) is 65.9 Å². The number of hydrogen-bond acceptors (Lipinski definition) is 5. The molecular formula is C23H26I2N2OS2. The molecule has 0 N–H and O–H groups in total. The Morgan fingerprint density at radius 3 is 2.27 bits per heavy atom. The molecule has 0 amide bonds. The Bertz CT molecular complexity index is 879. The second kappa shape index (κ2) is 10.8. The molecule has 0 unspecified atom stereocenters. The third kappa shape index (κ3) is 4.85. The first kappa shape index (κ1) is 23.2. The highest BCUT2D eigenvalue weighted by molar-refractivity contribution is 14.2. The van der Waals surface area contributed by atoms with Crippen molar-refractivity contribution in [2.24, 2.45) is 0 Å². The van der Waals surface area contributed by atoms with Crippen molar-refractivity contribution in [1.82, 2.24) is 8.61 Å². The zero-order chi connectivity index (χ0) is 21.1. The van der Waals surface area contributed by atoms with Gasteiger partial charge in [0.1, 0.15) is 0 Å². The molecule has 0 aliphatic carbocycles. The zero-order valence-electron chi connectivity index (χ0n) is 17.1. The number of fused-ring (bicyclic) bond motifs is 1. The van der Waals surface area contributed by atoms with E-state index < -0.39 is 0 Å². The van der Waals surface area contributed by atoms with E-state index in [0.29, 0.717) is 18.1 Å². The summed E-state index contributed by atoms with van der Waals surface area (Å²) < 4.78 is 11.4. The normalized spacial score (nSPS) is 25.3. The summed E-state index contributed by atoms with van der Waals surface area (Å²) >= 11 is 4.90. The number of piperidine rings is 1. The highest BCUT2D eigenvalue weighted by Crippen LogP contribution is 2.51. The standard InChI is InChI=1S/C23H26I2N2OS2/c1-3-28-23-14-21(17-7-5-4-6-8-17)27(30-25)22-13-20(26(29-24)15-19(22)23)18-11-9-16(2)10-12-18/h4-12,20-22H,3,13-15H2,1-2H3/t20-,21-,22-/m0/s1. The van der Waals surface area contributed by atoms with Gasteiger partial charge >= 0.3 is 0 Å². The van der Waals surface area contributed by atoms with Gasteiger partial charge in [0.15, 0.2) is 0 Å². The molecule has 0 saturated carbocycles. The predicted octanol–water partition coefficient (Wildman–Crippen LogP) is 7.84. The number of benzene rings is 2. The molecule has 2 aliphatic heterocycles. The second-order valence-electron chi connectivity index (χ2n) is 7.76. The van der Waals surface area contributed by atoms with Gasteiger partial charge < -0.3 is 4.74 Å². The van der Waals surface area contributed by atoms with Gasteiger partial charge in [0.05, 0.1) is 18.4 Å². The van der Waals surface area contributed by atoms with Gasteiger partial charge in [-0.15, -0.1) is 0 Å². The Balaban J connectivity index is 1.73. The molecule has 3 nitrogen and oxygen atoms in total. The molecule has 2 aromatic carbocycles. The fraction of sp³-hybridized carbons (Fsp3) is 0.391. The van der Waals surface area contributed by atoms with Crippen molar-refractivity contribution in [3.8, 4) is 0 Å². The minimum absolute atomic E-state index is 0.334. The van der Waals surface area contributed by atoms with E-state index in [1.807, 2.05) is 18.2 Å². The van der Waals surface area contributed by atoms with Gasteiger partial charge in [-0.3, -0.25) is 0 Å². The average molecular weight is 664 g/mol. The van der Waals surface area contributed by atoms with Crippen molar-refractivity contribution in [2.45, 2.75) is 44.8 Å². The van der Waals surface area contributed by atoms with Gasteiger partial charge in [-0.05, 0) is 49.6 Å². The molecule has 0 aromatic heterocycles. The van der Waals surface area contributed by atoms with E-state index in [1.165, 1.54) is 28.0 Å². The SMILES string of the molecule is CCOC1=C2CN(SI)[C@H](c3ccc(C)cc3)C[C@@H]2N(SI)[C@H](c2ccccc2)C1. The molecule has 2 aliphatic rings. The Labute approximate surface area is 212 Å². The Morgan fingerprint density at radius 1 is 0.933 bits per heavy atom. The van der Waals surface area contributed by atoms with Crippen LogP contribution in [-0.4, -0.2) is 27.8 Å². The maximum absolute atomic E-state index is 6.25. The number of rotatable bonds is 6. The molecule has 7 heteroatoms. The monoisotopic (exact) mass is 664 g/mol. The first-order valence-electron chi connectivity index (χ1n) is 10.2. The number of ether oxygens (including phenoxy) is 1. The number of aryl methyl sites for hydroxylation is 1. The van der Waals surface area contributed by atoms with Gasteiger partial charge in [0, 0.05) is 73.0 Å². The molecule has 0 spiro atoms. The van der Waals surface area contributed by atoms with Crippen LogP contribution in [0.4, 0.5) is 0 Å². The molecule has 160 valence electrons. The Kier molecular flexibility index (Phi) is 8.35. The smallest absolute Gasteiger partial charge is 0.1000 e. The third-order valence-corrected chi connectivity index (χ3v) is 10.1. The lowest BCUT2D eigenvalue weighted by molar-refractivity contribution is 0.129. The minimum atomic E-state index is 0.334. The van der Waals surface area contributed by atoms with E-state index in [1.54, 1.807) is 0 Å². The average Bonchev–Trinajstić information content (AvgIpc) is 2.79. The van der Waals surface area contributed by atoms with Crippen molar-refractivity contribution in [2.75, 3.05) is 13.2 Å². The van der Waals surface area contributed by atoms with Crippen LogP contribution < -0.4 is 0 Å². The first-order chi connectivity index (χ1) is 14.7. The molecule has 0 bridgehead atoms. The van der Waals surface area contributed by atoms with Crippen LogP contribution in [0.1, 0.15) is 48.5 Å². The number of hydrogen-bond donors (Lipinski definition) is 0. The van der Waals surface area contributed by atoms with Crippen LogP contribution in [0.3, 0.4) is 0 Å². The summed E-state index contributed by atoms with van der Waals surface area (Å²) in [6.07, 6.45) is 2.01. The third-order valence-electron chi connectivity index (χ3n) is 6.01. The summed E-state index contributed by atoms with van der Waals surface area (Å²) in [4.78, 5) is 0. The van der Waals surface area contributed by atoms with Gasteiger partial charge in [0.2, 0.25) is 0 Å². The van der Waals surface area contributed by atoms with Crippen molar-refractivity contribution in [3.63, 3.8) is 0 Å². The lowest BCUT2D eigenvalue weighted by Crippen LogP contribution is -2.47. The fourth-order valence-electron chi connectivity index (χ4n) is 4.53.